The summed E-state index contributed by atoms with van der Waals surface area (Å²) in [6.07, 6.45) is 6.38. The lowest BCUT2D eigenvalue weighted by Gasteiger charge is -1.97. The smallest absolute Gasteiger partial charge is 0.220 e. The van der Waals surface area contributed by atoms with Gasteiger partial charge in [0.15, 0.2) is 0 Å². The van der Waals surface area contributed by atoms with Gasteiger partial charge in [0.25, 0.3) is 0 Å². The molecule has 3 heteroatoms. The van der Waals surface area contributed by atoms with Crippen molar-refractivity contribution in [3.8, 4) is 12.3 Å². The molecule has 0 heterocycles. The summed E-state index contributed by atoms with van der Waals surface area (Å²) >= 11 is 0. The van der Waals surface area contributed by atoms with Crippen molar-refractivity contribution >= 4 is 11.7 Å². The van der Waals surface area contributed by atoms with Gasteiger partial charge in [0.2, 0.25) is 5.91 Å². The molecule has 0 atom stereocenters. The minimum absolute atomic E-state index is 0.0524. The van der Waals surface area contributed by atoms with Gasteiger partial charge in [0.1, 0.15) is 5.78 Å². The molecule has 0 unspecified atom stereocenters. The zero-order valence-corrected chi connectivity index (χ0v) is 7.22. The van der Waals surface area contributed by atoms with Gasteiger partial charge in [-0.1, -0.05) is 0 Å². The van der Waals surface area contributed by atoms with E-state index >= 15 is 0 Å². The van der Waals surface area contributed by atoms with Gasteiger partial charge in [-0.05, 0) is 0 Å². The lowest BCUT2D eigenvalue weighted by atomic mass is 10.1. The number of terminal acetylenes is 1. The summed E-state index contributed by atoms with van der Waals surface area (Å²) in [5, 5.41) is 2.44. The zero-order chi connectivity index (χ0) is 9.40. The number of carbonyl (C=O) groups is 2. The number of carbonyl (C=O) groups excluding carboxylic acids is 2. The van der Waals surface area contributed by atoms with E-state index in [1.54, 1.807) is 7.05 Å². The van der Waals surface area contributed by atoms with Crippen LogP contribution in [0.5, 0.6) is 0 Å². The lowest BCUT2D eigenvalue weighted by Crippen LogP contribution is -2.18. The molecule has 3 nitrogen and oxygen atoms in total. The van der Waals surface area contributed by atoms with Crippen LogP contribution >= 0.6 is 0 Å². The van der Waals surface area contributed by atoms with Crippen molar-refractivity contribution in [1.29, 1.82) is 0 Å². The molecular formula is C9H13NO2. The fourth-order valence-electron chi connectivity index (χ4n) is 0.715. The molecule has 66 valence electrons. The molecule has 0 aromatic rings. The Morgan fingerprint density at radius 3 is 2.50 bits per heavy atom. The van der Waals surface area contributed by atoms with Crippen LogP contribution in [-0.2, 0) is 9.59 Å². The number of rotatable bonds is 5. The van der Waals surface area contributed by atoms with Gasteiger partial charge in [-0.25, -0.2) is 0 Å². The predicted molar refractivity (Wildman–Crippen MR) is 46.4 cm³/mol. The van der Waals surface area contributed by atoms with Gasteiger partial charge in [0.05, 0.1) is 0 Å². The van der Waals surface area contributed by atoms with Gasteiger partial charge in [-0.2, -0.15) is 0 Å². The maximum Gasteiger partial charge on any atom is 0.220 e. The van der Waals surface area contributed by atoms with Crippen molar-refractivity contribution in [2.75, 3.05) is 7.05 Å². The highest BCUT2D eigenvalue weighted by Crippen LogP contribution is 1.97. The van der Waals surface area contributed by atoms with Crippen molar-refractivity contribution < 1.29 is 9.59 Å². The van der Waals surface area contributed by atoms with Crippen LogP contribution < -0.4 is 5.32 Å². The first-order valence-electron chi connectivity index (χ1n) is 3.86. The zero-order valence-electron chi connectivity index (χ0n) is 7.22. The highest BCUT2D eigenvalue weighted by atomic mass is 16.2. The summed E-state index contributed by atoms with van der Waals surface area (Å²) in [6.45, 7) is 0. The van der Waals surface area contributed by atoms with Crippen LogP contribution in [0.4, 0.5) is 0 Å². The van der Waals surface area contributed by atoms with E-state index in [-0.39, 0.29) is 18.1 Å². The van der Waals surface area contributed by atoms with Gasteiger partial charge in [-0.3, -0.25) is 9.59 Å². The molecule has 1 amide bonds. The van der Waals surface area contributed by atoms with E-state index in [1.807, 2.05) is 0 Å². The van der Waals surface area contributed by atoms with Crippen LogP contribution in [0.3, 0.4) is 0 Å². The second kappa shape index (κ2) is 6.41. The van der Waals surface area contributed by atoms with E-state index in [2.05, 4.69) is 11.2 Å². The van der Waals surface area contributed by atoms with E-state index < -0.39 is 0 Å². The predicted octanol–water partition coefficient (Wildman–Crippen LogP) is 0.495. The Bertz CT molecular complexity index is 203. The normalized spacial score (nSPS) is 8.67. The van der Waals surface area contributed by atoms with E-state index in [9.17, 15) is 9.59 Å². The fourth-order valence-corrected chi connectivity index (χ4v) is 0.715. The largest absolute Gasteiger partial charge is 0.359 e. The average Bonchev–Trinajstić information content (AvgIpc) is 2.10. The topological polar surface area (TPSA) is 46.2 Å². The summed E-state index contributed by atoms with van der Waals surface area (Å²) < 4.78 is 0. The standard InChI is InChI=1S/C9H13NO2/c1-3-4-5-8(11)6-7-9(12)10-2/h1H,4-7H2,2H3,(H,10,12). The molecule has 0 aromatic heterocycles. The minimum Gasteiger partial charge on any atom is -0.359 e. The molecule has 0 saturated heterocycles. The molecule has 0 radical (unpaired) electrons. The fraction of sp³-hybridized carbons (Fsp3) is 0.556. The van der Waals surface area contributed by atoms with Crippen LogP contribution in [0.2, 0.25) is 0 Å². The number of hydrogen-bond donors (Lipinski definition) is 1. The van der Waals surface area contributed by atoms with Crippen molar-refractivity contribution in [2.45, 2.75) is 25.7 Å². The van der Waals surface area contributed by atoms with Gasteiger partial charge < -0.3 is 5.32 Å². The van der Waals surface area contributed by atoms with Crippen LogP contribution in [0.25, 0.3) is 0 Å². The highest BCUT2D eigenvalue weighted by Gasteiger charge is 2.03. The third kappa shape index (κ3) is 5.48. The maximum absolute atomic E-state index is 10.9. The molecule has 0 rings (SSSR count). The average molecular weight is 167 g/mol. The second-order valence-electron chi connectivity index (χ2n) is 2.42. The first-order valence-corrected chi connectivity index (χ1v) is 3.86. The Morgan fingerprint density at radius 1 is 1.33 bits per heavy atom. The molecule has 12 heavy (non-hydrogen) atoms. The Morgan fingerprint density at radius 2 is 2.00 bits per heavy atom. The lowest BCUT2D eigenvalue weighted by molar-refractivity contribution is -0.125. The molecule has 0 aliphatic carbocycles. The molecule has 0 bridgehead atoms. The number of Topliss-reactive ketones (excluding diaryl/α,β-unsaturated/α-hetero) is 1. The molecule has 0 fully saturated rings. The minimum atomic E-state index is -0.107. The summed E-state index contributed by atoms with van der Waals surface area (Å²) in [4.78, 5) is 21.6. The van der Waals surface area contributed by atoms with Crippen LogP contribution in [-0.4, -0.2) is 18.7 Å². The molecule has 0 aromatic carbocycles. The van der Waals surface area contributed by atoms with Gasteiger partial charge in [0, 0.05) is 32.7 Å². The Labute approximate surface area is 72.5 Å². The molecule has 0 aliphatic heterocycles. The number of ketones is 1. The number of nitrogens with one attached hydrogen (secondary N) is 1. The number of hydrogen-bond acceptors (Lipinski definition) is 2. The molecule has 0 saturated carbocycles. The quantitative estimate of drug-likeness (QED) is 0.606. The summed E-state index contributed by atoms with van der Waals surface area (Å²) in [5.74, 6) is 2.32. The van der Waals surface area contributed by atoms with Gasteiger partial charge in [-0.15, -0.1) is 12.3 Å². The highest BCUT2D eigenvalue weighted by molar-refractivity contribution is 5.84. The Hall–Kier alpha value is -1.30. The van der Waals surface area contributed by atoms with E-state index in [1.165, 1.54) is 0 Å². The van der Waals surface area contributed by atoms with E-state index in [0.29, 0.717) is 19.3 Å². The van der Waals surface area contributed by atoms with Gasteiger partial charge >= 0.3 is 0 Å². The summed E-state index contributed by atoms with van der Waals surface area (Å²) in [6, 6.07) is 0. The van der Waals surface area contributed by atoms with E-state index in [4.69, 9.17) is 6.42 Å². The van der Waals surface area contributed by atoms with Crippen LogP contribution in [0.1, 0.15) is 25.7 Å². The van der Waals surface area contributed by atoms with Crippen molar-refractivity contribution in [1.82, 2.24) is 5.32 Å². The van der Waals surface area contributed by atoms with Crippen LogP contribution in [0, 0.1) is 12.3 Å². The van der Waals surface area contributed by atoms with Crippen molar-refractivity contribution in [3.63, 3.8) is 0 Å². The number of amides is 1. The molecule has 0 spiro atoms. The first kappa shape index (κ1) is 10.7. The third-order valence-corrected chi connectivity index (χ3v) is 1.46. The molecule has 1 N–H and O–H groups in total. The van der Waals surface area contributed by atoms with Crippen molar-refractivity contribution in [3.05, 3.63) is 0 Å². The van der Waals surface area contributed by atoms with Crippen molar-refractivity contribution in [2.24, 2.45) is 0 Å². The monoisotopic (exact) mass is 167 g/mol. The molecule has 0 aliphatic rings. The van der Waals surface area contributed by atoms with Crippen LogP contribution in [0.15, 0.2) is 0 Å². The Balaban J connectivity index is 3.45. The van der Waals surface area contributed by atoms with E-state index in [0.717, 1.165) is 0 Å². The SMILES string of the molecule is C#CCCC(=O)CCC(=O)NC. The Kier molecular flexibility index (Phi) is 5.72. The summed E-state index contributed by atoms with van der Waals surface area (Å²) in [7, 11) is 1.55. The summed E-state index contributed by atoms with van der Waals surface area (Å²) in [5.41, 5.74) is 0. The first-order chi connectivity index (χ1) is 5.70. The molecular weight excluding hydrogens is 154 g/mol. The second-order valence-corrected chi connectivity index (χ2v) is 2.42. The third-order valence-electron chi connectivity index (χ3n) is 1.46. The maximum atomic E-state index is 10.9.